The van der Waals surface area contributed by atoms with Crippen molar-refractivity contribution >= 4 is 0 Å². The van der Waals surface area contributed by atoms with Crippen LogP contribution in [0.5, 0.6) is 0 Å². The van der Waals surface area contributed by atoms with Crippen molar-refractivity contribution in [3.8, 4) is 0 Å². The summed E-state index contributed by atoms with van der Waals surface area (Å²) in [6.07, 6.45) is 0.811. The van der Waals surface area contributed by atoms with Crippen LogP contribution in [0.1, 0.15) is 20.3 Å². The first kappa shape index (κ1) is 7.98. The lowest BCUT2D eigenvalue weighted by Crippen LogP contribution is -2.73. The Morgan fingerprint density at radius 1 is 1.70 bits per heavy atom. The largest absolute Gasteiger partial charge is 0.385 e. The Morgan fingerprint density at radius 3 is 2.30 bits per heavy atom. The molecule has 1 aliphatic heterocycles. The molecule has 3 heteroatoms. The number of hydrogen-bond acceptors (Lipinski definition) is 3. The Bertz CT molecular complexity index is 120. The van der Waals surface area contributed by atoms with Crippen molar-refractivity contribution in [2.24, 2.45) is 5.73 Å². The van der Waals surface area contributed by atoms with E-state index in [9.17, 15) is 5.11 Å². The van der Waals surface area contributed by atoms with Gasteiger partial charge in [-0.3, -0.25) is 0 Å². The molecule has 60 valence electrons. The van der Waals surface area contributed by atoms with Crippen LogP contribution < -0.4 is 11.1 Å². The maximum absolute atomic E-state index is 9.75. The van der Waals surface area contributed by atoms with Gasteiger partial charge in [0.15, 0.2) is 0 Å². The van der Waals surface area contributed by atoms with Crippen LogP contribution in [0.25, 0.3) is 0 Å². The average molecular weight is 144 g/mol. The minimum atomic E-state index is -0.665. The summed E-state index contributed by atoms with van der Waals surface area (Å²) in [4.78, 5) is 0. The van der Waals surface area contributed by atoms with E-state index in [2.05, 4.69) is 5.32 Å². The lowest BCUT2D eigenvalue weighted by atomic mass is 9.76. The highest BCUT2D eigenvalue weighted by Crippen LogP contribution is 2.26. The standard InChI is InChI=1S/C7H16N2O/c1-3-6(2,8)7(10)4-9-5-7/h9-10H,3-5,8H2,1-2H3. The minimum absolute atomic E-state index is 0.432. The highest BCUT2D eigenvalue weighted by atomic mass is 16.3. The van der Waals surface area contributed by atoms with Gasteiger partial charge < -0.3 is 16.2 Å². The van der Waals surface area contributed by atoms with Crippen LogP contribution in [0, 0.1) is 0 Å². The quantitative estimate of drug-likeness (QED) is 0.487. The summed E-state index contributed by atoms with van der Waals surface area (Å²) in [5.41, 5.74) is 4.77. The molecule has 0 aromatic heterocycles. The predicted molar refractivity (Wildman–Crippen MR) is 40.7 cm³/mol. The number of nitrogens with two attached hydrogens (primary N) is 1. The van der Waals surface area contributed by atoms with Gasteiger partial charge >= 0.3 is 0 Å². The van der Waals surface area contributed by atoms with Crippen molar-refractivity contribution in [3.05, 3.63) is 0 Å². The summed E-state index contributed by atoms with van der Waals surface area (Å²) in [5, 5.41) is 12.8. The minimum Gasteiger partial charge on any atom is -0.385 e. The van der Waals surface area contributed by atoms with Gasteiger partial charge in [-0.05, 0) is 13.3 Å². The van der Waals surface area contributed by atoms with Crippen molar-refractivity contribution in [2.45, 2.75) is 31.4 Å². The zero-order chi connectivity index (χ0) is 7.83. The van der Waals surface area contributed by atoms with Gasteiger partial charge in [0.25, 0.3) is 0 Å². The van der Waals surface area contributed by atoms with E-state index in [1.165, 1.54) is 0 Å². The number of rotatable bonds is 2. The summed E-state index contributed by atoms with van der Waals surface area (Å²) in [6.45, 7) is 5.16. The Kier molecular flexibility index (Phi) is 1.75. The van der Waals surface area contributed by atoms with Crippen molar-refractivity contribution in [1.29, 1.82) is 0 Å². The molecule has 1 unspecified atom stereocenters. The van der Waals surface area contributed by atoms with Crippen molar-refractivity contribution in [1.82, 2.24) is 5.32 Å². The van der Waals surface area contributed by atoms with Crippen molar-refractivity contribution in [3.63, 3.8) is 0 Å². The van der Waals surface area contributed by atoms with E-state index >= 15 is 0 Å². The van der Waals surface area contributed by atoms with Crippen molar-refractivity contribution < 1.29 is 5.11 Å². The van der Waals surface area contributed by atoms with E-state index in [-0.39, 0.29) is 0 Å². The van der Waals surface area contributed by atoms with Crippen LogP contribution in [-0.2, 0) is 0 Å². The Balaban J connectivity index is 2.61. The van der Waals surface area contributed by atoms with Crippen LogP contribution in [-0.4, -0.2) is 29.3 Å². The van der Waals surface area contributed by atoms with E-state index in [1.807, 2.05) is 13.8 Å². The van der Waals surface area contributed by atoms with E-state index in [0.29, 0.717) is 13.1 Å². The molecule has 0 spiro atoms. The summed E-state index contributed by atoms with van der Waals surface area (Å²) >= 11 is 0. The molecule has 0 radical (unpaired) electrons. The Labute approximate surface area is 61.6 Å². The third-order valence-corrected chi connectivity index (χ3v) is 2.63. The van der Waals surface area contributed by atoms with Gasteiger partial charge in [0, 0.05) is 18.6 Å². The van der Waals surface area contributed by atoms with Crippen LogP contribution >= 0.6 is 0 Å². The summed E-state index contributed by atoms with van der Waals surface area (Å²) in [6, 6.07) is 0. The lowest BCUT2D eigenvalue weighted by molar-refractivity contribution is -0.0712. The van der Waals surface area contributed by atoms with Crippen LogP contribution in [0.2, 0.25) is 0 Å². The monoisotopic (exact) mass is 144 g/mol. The maximum Gasteiger partial charge on any atom is 0.107 e. The molecule has 1 saturated heterocycles. The molecular formula is C7H16N2O. The highest BCUT2D eigenvalue weighted by molar-refractivity contribution is 5.08. The first-order chi connectivity index (χ1) is 4.52. The molecule has 1 aliphatic rings. The van der Waals surface area contributed by atoms with Crippen molar-refractivity contribution in [2.75, 3.05) is 13.1 Å². The van der Waals surface area contributed by atoms with Gasteiger partial charge in [-0.2, -0.15) is 0 Å². The molecule has 0 aromatic carbocycles. The second-order valence-corrected chi connectivity index (χ2v) is 3.41. The molecule has 3 nitrogen and oxygen atoms in total. The molecule has 10 heavy (non-hydrogen) atoms. The highest BCUT2D eigenvalue weighted by Gasteiger charge is 2.47. The van der Waals surface area contributed by atoms with Gasteiger partial charge in [0.2, 0.25) is 0 Å². The third-order valence-electron chi connectivity index (χ3n) is 2.63. The number of nitrogens with one attached hydrogen (secondary N) is 1. The zero-order valence-electron chi connectivity index (χ0n) is 6.65. The SMILES string of the molecule is CCC(C)(N)C1(O)CNC1. The second-order valence-electron chi connectivity index (χ2n) is 3.41. The Morgan fingerprint density at radius 2 is 2.20 bits per heavy atom. The third kappa shape index (κ3) is 0.944. The predicted octanol–water partition coefficient (Wildman–Crippen LogP) is -0.552. The second kappa shape index (κ2) is 2.19. The fraction of sp³-hybridized carbons (Fsp3) is 1.00. The first-order valence-electron chi connectivity index (χ1n) is 3.74. The lowest BCUT2D eigenvalue weighted by Gasteiger charge is -2.48. The summed E-state index contributed by atoms with van der Waals surface area (Å²) in [5.74, 6) is 0. The van der Waals surface area contributed by atoms with Gasteiger partial charge in [-0.1, -0.05) is 6.92 Å². The molecule has 0 saturated carbocycles. The fourth-order valence-corrected chi connectivity index (χ4v) is 1.09. The average Bonchev–Trinajstić information content (AvgIpc) is 1.82. The summed E-state index contributed by atoms with van der Waals surface area (Å²) < 4.78 is 0. The van der Waals surface area contributed by atoms with Gasteiger partial charge in [0.05, 0.1) is 0 Å². The number of aliphatic hydroxyl groups is 1. The number of β-amino-alcohol motifs (C(OH)–C–C–N with tert-alkyl or cyclic N) is 1. The molecule has 4 N–H and O–H groups in total. The fourth-order valence-electron chi connectivity index (χ4n) is 1.09. The van der Waals surface area contributed by atoms with Crippen LogP contribution in [0.15, 0.2) is 0 Å². The molecule has 1 fully saturated rings. The first-order valence-corrected chi connectivity index (χ1v) is 3.74. The summed E-state index contributed by atoms with van der Waals surface area (Å²) in [7, 11) is 0. The Hall–Kier alpha value is -0.120. The van der Waals surface area contributed by atoms with E-state index < -0.39 is 11.1 Å². The van der Waals surface area contributed by atoms with Crippen LogP contribution in [0.3, 0.4) is 0 Å². The molecular weight excluding hydrogens is 128 g/mol. The molecule has 0 aromatic rings. The normalized spacial score (nSPS) is 28.8. The van der Waals surface area contributed by atoms with Crippen LogP contribution in [0.4, 0.5) is 0 Å². The van der Waals surface area contributed by atoms with Gasteiger partial charge in [0.1, 0.15) is 5.60 Å². The number of hydrogen-bond donors (Lipinski definition) is 3. The van der Waals surface area contributed by atoms with E-state index in [4.69, 9.17) is 5.73 Å². The van der Waals surface area contributed by atoms with E-state index in [1.54, 1.807) is 0 Å². The molecule has 0 bridgehead atoms. The molecule has 1 rings (SSSR count). The maximum atomic E-state index is 9.75. The molecule has 1 heterocycles. The molecule has 0 amide bonds. The zero-order valence-corrected chi connectivity index (χ0v) is 6.65. The van der Waals surface area contributed by atoms with Gasteiger partial charge in [-0.25, -0.2) is 0 Å². The van der Waals surface area contributed by atoms with E-state index in [0.717, 1.165) is 6.42 Å². The van der Waals surface area contributed by atoms with Gasteiger partial charge in [-0.15, -0.1) is 0 Å². The topological polar surface area (TPSA) is 58.3 Å². The molecule has 1 atom stereocenters. The smallest absolute Gasteiger partial charge is 0.107 e. The molecule has 0 aliphatic carbocycles.